The van der Waals surface area contributed by atoms with E-state index in [0.29, 0.717) is 43.8 Å². The van der Waals surface area contributed by atoms with Gasteiger partial charge in [0.1, 0.15) is 34.4 Å². The third-order valence-corrected chi connectivity index (χ3v) is 8.32. The molecule has 1 aliphatic rings. The zero-order chi connectivity index (χ0) is 22.8. The normalized spacial score (nSPS) is 16.9. The van der Waals surface area contributed by atoms with E-state index in [-0.39, 0.29) is 11.5 Å². The van der Waals surface area contributed by atoms with Gasteiger partial charge < -0.3 is 9.84 Å². The summed E-state index contributed by atoms with van der Waals surface area (Å²) in [4.78, 5) is 2.26. The lowest BCUT2D eigenvalue weighted by Crippen LogP contribution is -2.50. The highest BCUT2D eigenvalue weighted by Crippen LogP contribution is 2.26. The molecule has 1 aliphatic heterocycles. The second-order valence-corrected chi connectivity index (χ2v) is 10.5. The number of sulfonamides is 1. The predicted molar refractivity (Wildman–Crippen MR) is 128 cm³/mol. The Morgan fingerprint density at radius 3 is 2.58 bits per heavy atom. The quantitative estimate of drug-likeness (QED) is 0.431. The molecule has 1 aromatic heterocycles. The minimum atomic E-state index is -3.65. The van der Waals surface area contributed by atoms with E-state index in [9.17, 15) is 13.5 Å². The molecule has 8 nitrogen and oxygen atoms in total. The summed E-state index contributed by atoms with van der Waals surface area (Å²) in [6.45, 7) is 2.38. The number of aromatic nitrogens is 2. The van der Waals surface area contributed by atoms with Crippen molar-refractivity contribution < 1.29 is 18.3 Å². The molecule has 0 radical (unpaired) electrons. The third kappa shape index (κ3) is 4.57. The van der Waals surface area contributed by atoms with E-state index < -0.39 is 16.1 Å². The van der Waals surface area contributed by atoms with E-state index in [4.69, 9.17) is 4.74 Å². The van der Waals surface area contributed by atoms with Gasteiger partial charge in [-0.05, 0) is 23.6 Å². The monoisotopic (exact) mass is 484 g/mol. The Kier molecular flexibility index (Phi) is 6.26. The maximum atomic E-state index is 13.2. The average molecular weight is 485 g/mol. The smallest absolute Gasteiger partial charge is 0.245 e. The molecule has 1 unspecified atom stereocenters. The molecular formula is C23H24N4O4S2. The Morgan fingerprint density at radius 1 is 0.970 bits per heavy atom. The predicted octanol–water partition coefficient (Wildman–Crippen LogP) is 2.59. The molecule has 1 saturated heterocycles. The molecule has 172 valence electrons. The number of β-amino-alcohol motifs (C(OH)–C–C–N with tert-alkyl or cyclic N) is 1. The molecule has 4 aromatic rings. The van der Waals surface area contributed by atoms with E-state index in [1.165, 1.54) is 4.31 Å². The molecule has 0 aliphatic carbocycles. The number of hydrogen-bond donors (Lipinski definition) is 1. The van der Waals surface area contributed by atoms with Crippen molar-refractivity contribution in [1.82, 2.24) is 18.0 Å². The molecule has 0 saturated carbocycles. The molecule has 0 bridgehead atoms. The van der Waals surface area contributed by atoms with Gasteiger partial charge >= 0.3 is 0 Å². The molecule has 2 heterocycles. The Bertz CT molecular complexity index is 1360. The lowest BCUT2D eigenvalue weighted by molar-refractivity contribution is 0.0573. The van der Waals surface area contributed by atoms with Crippen molar-refractivity contribution >= 4 is 43.6 Å². The molecule has 5 rings (SSSR count). The second-order valence-electron chi connectivity index (χ2n) is 8.03. The number of hydrogen-bond acceptors (Lipinski definition) is 8. The molecule has 10 heteroatoms. The van der Waals surface area contributed by atoms with Gasteiger partial charge in [-0.1, -0.05) is 42.5 Å². The fraction of sp³-hybridized carbons (Fsp3) is 0.304. The first-order chi connectivity index (χ1) is 16.0. The van der Waals surface area contributed by atoms with Crippen LogP contribution in [0.25, 0.3) is 21.8 Å². The number of aliphatic hydroxyl groups excluding tert-OH is 1. The van der Waals surface area contributed by atoms with Gasteiger partial charge in [0.05, 0.1) is 11.7 Å². The van der Waals surface area contributed by atoms with Gasteiger partial charge in [0.25, 0.3) is 0 Å². The van der Waals surface area contributed by atoms with Crippen LogP contribution in [-0.2, 0) is 10.0 Å². The van der Waals surface area contributed by atoms with Crippen molar-refractivity contribution in [1.29, 1.82) is 0 Å². The van der Waals surface area contributed by atoms with E-state index >= 15 is 0 Å². The number of aliphatic hydroxyl groups is 1. The summed E-state index contributed by atoms with van der Waals surface area (Å²) in [7, 11) is -3.65. The molecular weight excluding hydrogens is 460 g/mol. The van der Waals surface area contributed by atoms with Crippen molar-refractivity contribution in [2.24, 2.45) is 0 Å². The van der Waals surface area contributed by atoms with Gasteiger partial charge in [0, 0.05) is 38.1 Å². The molecule has 1 atom stereocenters. The second kappa shape index (κ2) is 9.32. The Hall–Kier alpha value is -2.63. The van der Waals surface area contributed by atoms with Gasteiger partial charge in [-0.3, -0.25) is 4.90 Å². The maximum Gasteiger partial charge on any atom is 0.245 e. The third-order valence-electron chi connectivity index (χ3n) is 5.85. The van der Waals surface area contributed by atoms with Crippen LogP contribution in [0.4, 0.5) is 0 Å². The van der Waals surface area contributed by atoms with Crippen LogP contribution in [0.5, 0.6) is 5.75 Å². The number of rotatable bonds is 7. The van der Waals surface area contributed by atoms with Gasteiger partial charge in [0.15, 0.2) is 0 Å². The summed E-state index contributed by atoms with van der Waals surface area (Å²) in [5.74, 6) is 0.744. The fourth-order valence-corrected chi connectivity index (χ4v) is 6.31. The van der Waals surface area contributed by atoms with Crippen LogP contribution in [0.15, 0.2) is 65.6 Å². The Balaban J connectivity index is 1.17. The molecule has 1 N–H and O–H groups in total. The molecule has 1 fully saturated rings. The minimum Gasteiger partial charge on any atom is -0.490 e. The van der Waals surface area contributed by atoms with Crippen LogP contribution in [0, 0.1) is 0 Å². The van der Waals surface area contributed by atoms with Crippen LogP contribution in [-0.4, -0.2) is 76.9 Å². The van der Waals surface area contributed by atoms with Gasteiger partial charge in [-0.15, -0.1) is 0 Å². The highest BCUT2D eigenvalue weighted by molar-refractivity contribution is 7.89. The maximum absolute atomic E-state index is 13.2. The number of nitrogens with zero attached hydrogens (tertiary/aromatic N) is 4. The highest BCUT2D eigenvalue weighted by Gasteiger charge is 2.31. The first-order valence-corrected chi connectivity index (χ1v) is 12.9. The van der Waals surface area contributed by atoms with E-state index in [0.717, 1.165) is 28.3 Å². The zero-order valence-corrected chi connectivity index (χ0v) is 19.5. The summed E-state index contributed by atoms with van der Waals surface area (Å²) < 4.78 is 42.0. The van der Waals surface area contributed by atoms with Crippen molar-refractivity contribution in [3.63, 3.8) is 0 Å². The van der Waals surface area contributed by atoms with Crippen molar-refractivity contribution in [2.75, 3.05) is 39.3 Å². The lowest BCUT2D eigenvalue weighted by Gasteiger charge is -2.34. The van der Waals surface area contributed by atoms with Crippen LogP contribution in [0.1, 0.15) is 0 Å². The molecule has 0 amide bonds. The highest BCUT2D eigenvalue weighted by atomic mass is 32.2. The van der Waals surface area contributed by atoms with Gasteiger partial charge in [-0.25, -0.2) is 8.42 Å². The summed E-state index contributed by atoms with van der Waals surface area (Å²) in [6, 6.07) is 18.9. The first-order valence-electron chi connectivity index (χ1n) is 10.7. The number of ether oxygens (including phenoxy) is 1. The average Bonchev–Trinajstić information content (AvgIpc) is 3.32. The van der Waals surface area contributed by atoms with Crippen molar-refractivity contribution in [3.05, 3.63) is 60.7 Å². The van der Waals surface area contributed by atoms with E-state index in [1.54, 1.807) is 18.2 Å². The number of fused-ring (bicyclic) bond motifs is 2. The Labute approximate surface area is 196 Å². The van der Waals surface area contributed by atoms with E-state index in [2.05, 4.69) is 13.6 Å². The molecule has 0 spiro atoms. The lowest BCUT2D eigenvalue weighted by atomic mass is 10.1. The summed E-state index contributed by atoms with van der Waals surface area (Å²) in [5, 5.41) is 12.6. The van der Waals surface area contributed by atoms with Gasteiger partial charge in [0.2, 0.25) is 10.0 Å². The van der Waals surface area contributed by atoms with Crippen LogP contribution >= 0.6 is 11.7 Å². The van der Waals surface area contributed by atoms with Crippen molar-refractivity contribution in [2.45, 2.75) is 11.0 Å². The number of benzene rings is 3. The summed E-state index contributed by atoms with van der Waals surface area (Å²) >= 11 is 1.01. The molecule has 33 heavy (non-hydrogen) atoms. The standard InChI is InChI=1S/C23H24N4O4S2/c28-18(16-31-21-9-3-6-17-5-1-2-7-19(17)21)15-26-11-13-27(14-12-26)33(29,30)22-10-4-8-20-23(22)25-32-24-20/h1-10,18,28H,11-16H2. The van der Waals surface area contributed by atoms with E-state index in [1.807, 2.05) is 42.5 Å². The molecule has 3 aromatic carbocycles. The van der Waals surface area contributed by atoms with Crippen molar-refractivity contribution in [3.8, 4) is 5.75 Å². The van der Waals surface area contributed by atoms with Crippen LogP contribution in [0.3, 0.4) is 0 Å². The van der Waals surface area contributed by atoms with Crippen LogP contribution in [0.2, 0.25) is 0 Å². The number of piperazine rings is 1. The van der Waals surface area contributed by atoms with Gasteiger partial charge in [-0.2, -0.15) is 13.1 Å². The zero-order valence-electron chi connectivity index (χ0n) is 17.9. The SMILES string of the molecule is O=S(=O)(c1cccc2nsnc12)N1CCN(CC(O)COc2cccc3ccccc23)CC1. The minimum absolute atomic E-state index is 0.172. The summed E-state index contributed by atoms with van der Waals surface area (Å²) in [6.07, 6.45) is -0.679. The fourth-order valence-electron chi connectivity index (χ4n) is 4.14. The summed E-state index contributed by atoms with van der Waals surface area (Å²) in [5.41, 5.74) is 1.01. The first kappa shape index (κ1) is 22.2. The van der Waals surface area contributed by atoms with Crippen LogP contribution < -0.4 is 4.74 Å². The Morgan fingerprint density at radius 2 is 1.73 bits per heavy atom. The topological polar surface area (TPSA) is 95.9 Å². The largest absolute Gasteiger partial charge is 0.490 e.